The van der Waals surface area contributed by atoms with Crippen LogP contribution in [0.2, 0.25) is 0 Å². The molecule has 0 rings (SSSR count). The first-order valence-electron chi connectivity index (χ1n) is 11.4. The summed E-state index contributed by atoms with van der Waals surface area (Å²) >= 11 is 0. The maximum absolute atomic E-state index is 11.7. The van der Waals surface area contributed by atoms with Gasteiger partial charge < -0.3 is 42.6 Å². The lowest BCUT2D eigenvalue weighted by molar-refractivity contribution is -0.147. The first-order chi connectivity index (χ1) is 16.2. The number of methoxy groups -OCH3 is 2. The van der Waals surface area contributed by atoms with Crippen molar-refractivity contribution in [2.75, 3.05) is 107 Å². The number of unbranched alkanes of at least 4 members (excludes halogenated alkanes) is 1. The molecule has 0 fully saturated rings. The zero-order valence-corrected chi connectivity index (χ0v) is 20.2. The minimum absolute atomic E-state index is 0.193. The Morgan fingerprint density at radius 2 is 0.697 bits per heavy atom. The van der Waals surface area contributed by atoms with Crippen molar-refractivity contribution in [1.82, 2.24) is 0 Å². The zero-order chi connectivity index (χ0) is 24.2. The highest BCUT2D eigenvalue weighted by Gasteiger charge is 2.06. The van der Waals surface area contributed by atoms with Gasteiger partial charge in [-0.15, -0.1) is 0 Å². The van der Waals surface area contributed by atoms with E-state index in [1.807, 2.05) is 0 Å². The third-order valence-electron chi connectivity index (χ3n) is 3.97. The predicted octanol–water partition coefficient (Wildman–Crippen LogP) is 1.01. The van der Waals surface area contributed by atoms with Crippen LogP contribution >= 0.6 is 0 Å². The van der Waals surface area contributed by atoms with E-state index in [1.165, 1.54) is 0 Å². The fourth-order valence-electron chi connectivity index (χ4n) is 2.26. The number of carbonyl (C=O) groups excluding carboxylic acids is 2. The van der Waals surface area contributed by atoms with Crippen molar-refractivity contribution in [3.05, 3.63) is 0 Å². The van der Waals surface area contributed by atoms with Crippen molar-refractivity contribution in [3.63, 3.8) is 0 Å². The van der Waals surface area contributed by atoms with E-state index in [0.29, 0.717) is 92.1 Å². The van der Waals surface area contributed by atoms with Crippen molar-refractivity contribution in [3.8, 4) is 0 Å². The van der Waals surface area contributed by atoms with E-state index in [9.17, 15) is 9.59 Å². The lowest BCUT2D eigenvalue weighted by Crippen LogP contribution is -2.14. The normalized spacial score (nSPS) is 11.0. The molecule has 0 spiro atoms. The van der Waals surface area contributed by atoms with Gasteiger partial charge in [0.2, 0.25) is 0 Å². The fraction of sp³-hybridized carbons (Fsp3) is 0.909. The van der Waals surface area contributed by atoms with Gasteiger partial charge in [-0.1, -0.05) is 0 Å². The summed E-state index contributed by atoms with van der Waals surface area (Å²) in [6.07, 6.45) is 1.63. The smallest absolute Gasteiger partial charge is 0.305 e. The van der Waals surface area contributed by atoms with E-state index in [2.05, 4.69) is 0 Å². The molecule has 0 aliphatic rings. The molecule has 11 heteroatoms. The molecule has 33 heavy (non-hydrogen) atoms. The number of esters is 2. The summed E-state index contributed by atoms with van der Waals surface area (Å²) < 4.78 is 46.3. The van der Waals surface area contributed by atoms with Crippen molar-refractivity contribution < 1.29 is 52.2 Å². The second kappa shape index (κ2) is 26.9. The molecule has 0 amide bonds. The summed E-state index contributed by atoms with van der Waals surface area (Å²) in [5.41, 5.74) is 0. The topological polar surface area (TPSA) is 117 Å². The first-order valence-corrected chi connectivity index (χ1v) is 11.4. The number of hydrogen-bond acceptors (Lipinski definition) is 11. The molecule has 0 bridgehead atoms. The van der Waals surface area contributed by atoms with Gasteiger partial charge >= 0.3 is 11.9 Å². The van der Waals surface area contributed by atoms with Crippen molar-refractivity contribution >= 4 is 11.9 Å². The Hall–Kier alpha value is -1.34. The maximum Gasteiger partial charge on any atom is 0.305 e. The van der Waals surface area contributed by atoms with Crippen LogP contribution in [0.5, 0.6) is 0 Å². The van der Waals surface area contributed by atoms with E-state index < -0.39 is 0 Å². The molecule has 0 atom stereocenters. The largest absolute Gasteiger partial charge is 0.463 e. The van der Waals surface area contributed by atoms with Gasteiger partial charge in [-0.3, -0.25) is 9.59 Å². The second-order valence-corrected chi connectivity index (χ2v) is 6.70. The average molecular weight is 483 g/mol. The second-order valence-electron chi connectivity index (χ2n) is 6.70. The highest BCUT2D eigenvalue weighted by molar-refractivity contribution is 5.70. The monoisotopic (exact) mass is 482 g/mol. The van der Waals surface area contributed by atoms with Crippen molar-refractivity contribution in [1.29, 1.82) is 0 Å². The number of carbonyl (C=O) groups is 2. The van der Waals surface area contributed by atoms with Gasteiger partial charge in [0.1, 0.15) is 13.2 Å². The number of ether oxygens (including phenoxy) is 9. The molecule has 0 unspecified atom stereocenters. The zero-order valence-electron chi connectivity index (χ0n) is 20.2. The standard InChI is InChI=1S/C22H42O11/c1-25-7-9-27-11-13-29-14-16-31-18-20-33-22(24)6-4-3-5-21(23)32-19-17-30-15-12-28-10-8-26-2/h3-20H2,1-2H3. The molecule has 0 N–H and O–H groups in total. The minimum Gasteiger partial charge on any atom is -0.463 e. The van der Waals surface area contributed by atoms with Crippen molar-refractivity contribution in [2.24, 2.45) is 0 Å². The molecule has 0 saturated carbocycles. The Balaban J connectivity index is 3.28. The van der Waals surface area contributed by atoms with Crippen LogP contribution in [0.3, 0.4) is 0 Å². The van der Waals surface area contributed by atoms with Gasteiger partial charge in [0.15, 0.2) is 0 Å². The highest BCUT2D eigenvalue weighted by atomic mass is 16.6. The summed E-state index contributed by atoms with van der Waals surface area (Å²) in [5.74, 6) is -0.613. The molecule has 0 aromatic heterocycles. The molecular weight excluding hydrogens is 440 g/mol. The van der Waals surface area contributed by atoms with Crippen LogP contribution < -0.4 is 0 Å². The van der Waals surface area contributed by atoms with Crippen LogP contribution in [0.25, 0.3) is 0 Å². The van der Waals surface area contributed by atoms with Crippen LogP contribution in [0.4, 0.5) is 0 Å². The van der Waals surface area contributed by atoms with Crippen LogP contribution in [0.1, 0.15) is 25.7 Å². The fourth-order valence-corrected chi connectivity index (χ4v) is 2.26. The molecule has 0 saturated heterocycles. The van der Waals surface area contributed by atoms with Crippen LogP contribution in [0, 0.1) is 0 Å². The molecule has 11 nitrogen and oxygen atoms in total. The third kappa shape index (κ3) is 26.8. The summed E-state index contributed by atoms with van der Waals surface area (Å²) in [4.78, 5) is 23.3. The third-order valence-corrected chi connectivity index (χ3v) is 3.97. The Labute approximate surface area is 197 Å². The van der Waals surface area contributed by atoms with Crippen molar-refractivity contribution in [2.45, 2.75) is 25.7 Å². The van der Waals surface area contributed by atoms with Gasteiger partial charge in [-0.05, 0) is 12.8 Å². The molecule has 0 aromatic rings. The predicted molar refractivity (Wildman–Crippen MR) is 118 cm³/mol. The van der Waals surface area contributed by atoms with E-state index >= 15 is 0 Å². The lowest BCUT2D eigenvalue weighted by atomic mass is 10.2. The molecular formula is C22H42O11. The van der Waals surface area contributed by atoms with Crippen LogP contribution in [-0.2, 0) is 52.2 Å². The van der Waals surface area contributed by atoms with Gasteiger partial charge in [-0.25, -0.2) is 0 Å². The quantitative estimate of drug-likeness (QED) is 0.130. The SMILES string of the molecule is COCCOCCOCCOCCOC(=O)CCCCC(=O)OCCOCCOCCOC. The maximum atomic E-state index is 11.7. The molecule has 196 valence electrons. The first kappa shape index (κ1) is 31.7. The van der Waals surface area contributed by atoms with Gasteiger partial charge in [0.05, 0.1) is 79.3 Å². The van der Waals surface area contributed by atoms with E-state index in [1.54, 1.807) is 14.2 Å². The summed E-state index contributed by atoms with van der Waals surface area (Å²) in [6, 6.07) is 0. The van der Waals surface area contributed by atoms with Gasteiger partial charge in [0.25, 0.3) is 0 Å². The van der Waals surface area contributed by atoms with E-state index in [4.69, 9.17) is 42.6 Å². The summed E-state index contributed by atoms with van der Waals surface area (Å²) in [5, 5.41) is 0. The number of hydrogen-bond donors (Lipinski definition) is 0. The van der Waals surface area contributed by atoms with Crippen LogP contribution in [0.15, 0.2) is 0 Å². The van der Waals surface area contributed by atoms with E-state index in [-0.39, 0.29) is 38.0 Å². The lowest BCUT2D eigenvalue weighted by Gasteiger charge is -2.08. The summed E-state index contributed by atoms with van der Waals surface area (Å²) in [6.45, 7) is 6.01. The Morgan fingerprint density at radius 1 is 0.424 bits per heavy atom. The molecule has 0 aromatic carbocycles. The Kier molecular flexibility index (Phi) is 25.8. The molecule has 0 aliphatic heterocycles. The average Bonchev–Trinajstić information content (AvgIpc) is 2.81. The highest BCUT2D eigenvalue weighted by Crippen LogP contribution is 2.03. The summed E-state index contributed by atoms with van der Waals surface area (Å²) in [7, 11) is 3.24. The minimum atomic E-state index is -0.308. The Morgan fingerprint density at radius 3 is 1.00 bits per heavy atom. The molecule has 0 aliphatic carbocycles. The Bertz CT molecular complexity index is 435. The molecule has 0 heterocycles. The van der Waals surface area contributed by atoms with E-state index in [0.717, 1.165) is 0 Å². The van der Waals surface area contributed by atoms with Gasteiger partial charge in [-0.2, -0.15) is 0 Å². The van der Waals surface area contributed by atoms with Gasteiger partial charge in [0, 0.05) is 27.1 Å². The molecule has 0 radical (unpaired) electrons. The number of rotatable bonds is 26. The van der Waals surface area contributed by atoms with Crippen LogP contribution in [-0.4, -0.2) is 119 Å².